The number of esters is 1. The van der Waals surface area contributed by atoms with E-state index in [2.05, 4.69) is 10.6 Å². The summed E-state index contributed by atoms with van der Waals surface area (Å²) in [5, 5.41) is 6.45. The van der Waals surface area contributed by atoms with Crippen molar-refractivity contribution in [3.8, 4) is 11.1 Å². The smallest absolute Gasteiger partial charge is 0.341 e. The molecule has 0 unspecified atom stereocenters. The van der Waals surface area contributed by atoms with E-state index in [0.29, 0.717) is 38.8 Å². The average Bonchev–Trinajstić information content (AvgIpc) is 3.31. The van der Waals surface area contributed by atoms with Crippen LogP contribution in [0, 0.1) is 11.6 Å². The number of ether oxygens (including phenoxy) is 1. The van der Waals surface area contributed by atoms with Gasteiger partial charge in [0, 0.05) is 15.6 Å². The molecule has 0 aliphatic heterocycles. The Kier molecular flexibility index (Phi) is 8.23. The van der Waals surface area contributed by atoms with Gasteiger partial charge in [0.05, 0.1) is 11.1 Å². The molecule has 0 saturated heterocycles. The van der Waals surface area contributed by atoms with Gasteiger partial charge in [0.25, 0.3) is 11.8 Å². The molecule has 0 fully saturated rings. The number of halogens is 3. The van der Waals surface area contributed by atoms with Crippen LogP contribution in [-0.2, 0) is 22.4 Å². The lowest BCUT2D eigenvalue weighted by Gasteiger charge is -2.13. The SMILES string of the molecule is O=C(COC(=O)c1ccc(-c2ccc(F)cc2)cc1F)Nc1sc2c(c1C(=O)Nc1ccc(Cl)cc1)CCCC2. The first kappa shape index (κ1) is 27.5. The van der Waals surface area contributed by atoms with Gasteiger partial charge in [0.2, 0.25) is 0 Å². The van der Waals surface area contributed by atoms with Gasteiger partial charge in [-0.2, -0.15) is 0 Å². The van der Waals surface area contributed by atoms with E-state index in [1.807, 2.05) is 0 Å². The van der Waals surface area contributed by atoms with Gasteiger partial charge >= 0.3 is 5.97 Å². The molecule has 10 heteroatoms. The van der Waals surface area contributed by atoms with Crippen LogP contribution in [0.2, 0.25) is 5.02 Å². The van der Waals surface area contributed by atoms with Crippen molar-refractivity contribution in [1.82, 2.24) is 0 Å². The fourth-order valence-corrected chi connectivity index (χ4v) is 5.92. The molecule has 1 heterocycles. The molecule has 6 nitrogen and oxygen atoms in total. The number of fused-ring (bicyclic) bond motifs is 1. The quantitative estimate of drug-likeness (QED) is 0.225. The molecule has 2 N–H and O–H groups in total. The predicted molar refractivity (Wildman–Crippen MR) is 151 cm³/mol. The highest BCUT2D eigenvalue weighted by Gasteiger charge is 2.27. The maximum absolute atomic E-state index is 14.7. The Labute approximate surface area is 237 Å². The van der Waals surface area contributed by atoms with Crippen molar-refractivity contribution < 1.29 is 27.9 Å². The van der Waals surface area contributed by atoms with Crippen LogP contribution in [0.15, 0.2) is 66.7 Å². The number of hydrogen-bond acceptors (Lipinski definition) is 5. The summed E-state index contributed by atoms with van der Waals surface area (Å²) in [4.78, 5) is 39.5. The summed E-state index contributed by atoms with van der Waals surface area (Å²) in [5.74, 6) is -3.28. The highest BCUT2D eigenvalue weighted by atomic mass is 35.5. The van der Waals surface area contributed by atoms with Gasteiger partial charge in [-0.25, -0.2) is 13.6 Å². The lowest BCUT2D eigenvalue weighted by Crippen LogP contribution is -2.23. The zero-order valence-corrected chi connectivity index (χ0v) is 22.6. The summed E-state index contributed by atoms with van der Waals surface area (Å²) in [6.45, 7) is -0.668. The van der Waals surface area contributed by atoms with Gasteiger partial charge in [0.15, 0.2) is 6.61 Å². The van der Waals surface area contributed by atoms with Crippen LogP contribution < -0.4 is 10.6 Å². The van der Waals surface area contributed by atoms with E-state index in [1.165, 1.54) is 47.7 Å². The standard InChI is InChI=1S/C30H23ClF2N2O4S/c31-19-8-12-21(13-9-19)34-28(37)27-23-3-1-2-4-25(23)40-29(27)35-26(36)16-39-30(38)22-14-7-18(15-24(22)33)17-5-10-20(32)11-6-17/h5-15H,1-4,16H2,(H,34,37)(H,35,36). The van der Waals surface area contributed by atoms with Gasteiger partial charge < -0.3 is 15.4 Å². The monoisotopic (exact) mass is 580 g/mol. The maximum atomic E-state index is 14.7. The number of amides is 2. The van der Waals surface area contributed by atoms with Crippen molar-refractivity contribution in [3.63, 3.8) is 0 Å². The number of anilines is 2. The van der Waals surface area contributed by atoms with Gasteiger partial charge in [-0.1, -0.05) is 29.8 Å². The van der Waals surface area contributed by atoms with E-state index < -0.39 is 30.1 Å². The average molecular weight is 581 g/mol. The van der Waals surface area contributed by atoms with Crippen LogP contribution in [0.1, 0.15) is 44.0 Å². The van der Waals surface area contributed by atoms with Crippen molar-refractivity contribution in [2.24, 2.45) is 0 Å². The van der Waals surface area contributed by atoms with E-state index in [0.717, 1.165) is 35.8 Å². The lowest BCUT2D eigenvalue weighted by molar-refractivity contribution is -0.119. The number of aryl methyl sites for hydroxylation is 1. The molecular formula is C30H23ClF2N2O4S. The van der Waals surface area contributed by atoms with Gasteiger partial charge in [-0.05, 0) is 90.9 Å². The first-order valence-corrected chi connectivity index (χ1v) is 13.7. The number of hydrogen-bond donors (Lipinski definition) is 2. The molecule has 40 heavy (non-hydrogen) atoms. The molecule has 2 amide bonds. The summed E-state index contributed by atoms with van der Waals surface area (Å²) in [6.07, 6.45) is 3.44. The van der Waals surface area contributed by atoms with E-state index in [-0.39, 0.29) is 11.5 Å². The molecule has 0 atom stereocenters. The van der Waals surface area contributed by atoms with Gasteiger partial charge in [-0.15, -0.1) is 11.3 Å². The molecular weight excluding hydrogens is 558 g/mol. The molecule has 0 saturated carbocycles. The zero-order valence-electron chi connectivity index (χ0n) is 21.1. The summed E-state index contributed by atoms with van der Waals surface area (Å²) in [7, 11) is 0. The number of carbonyl (C=O) groups excluding carboxylic acids is 3. The minimum Gasteiger partial charge on any atom is -0.452 e. The topological polar surface area (TPSA) is 84.5 Å². The zero-order chi connectivity index (χ0) is 28.2. The highest BCUT2D eigenvalue weighted by molar-refractivity contribution is 7.17. The minimum absolute atomic E-state index is 0.340. The first-order chi connectivity index (χ1) is 19.3. The third-order valence-corrected chi connectivity index (χ3v) is 7.91. The normalized spacial score (nSPS) is 12.4. The Bertz CT molecular complexity index is 1590. The predicted octanol–water partition coefficient (Wildman–Crippen LogP) is 7.27. The molecule has 1 aromatic heterocycles. The molecule has 0 radical (unpaired) electrons. The molecule has 204 valence electrons. The third-order valence-electron chi connectivity index (χ3n) is 6.45. The number of thiophene rings is 1. The van der Waals surface area contributed by atoms with Crippen LogP contribution in [-0.4, -0.2) is 24.4 Å². The number of benzene rings is 3. The van der Waals surface area contributed by atoms with Crippen LogP contribution in [0.4, 0.5) is 19.5 Å². The van der Waals surface area contributed by atoms with Crippen LogP contribution in [0.25, 0.3) is 11.1 Å². The molecule has 4 aromatic rings. The third kappa shape index (κ3) is 6.21. The van der Waals surface area contributed by atoms with Gasteiger partial charge in [-0.3, -0.25) is 9.59 Å². The highest BCUT2D eigenvalue weighted by Crippen LogP contribution is 2.38. The molecule has 1 aliphatic carbocycles. The number of carbonyl (C=O) groups is 3. The Morgan fingerprint density at radius 1 is 0.875 bits per heavy atom. The molecule has 1 aliphatic rings. The van der Waals surface area contributed by atoms with Gasteiger partial charge in [0.1, 0.15) is 16.6 Å². The Morgan fingerprint density at radius 2 is 1.57 bits per heavy atom. The number of rotatable bonds is 7. The second-order valence-corrected chi connectivity index (χ2v) is 10.7. The van der Waals surface area contributed by atoms with Crippen molar-refractivity contribution >= 4 is 51.4 Å². The molecule has 0 bridgehead atoms. The summed E-state index contributed by atoms with van der Waals surface area (Å²) >= 11 is 7.26. The maximum Gasteiger partial charge on any atom is 0.341 e. The van der Waals surface area contributed by atoms with Crippen LogP contribution >= 0.6 is 22.9 Å². The Balaban J connectivity index is 1.26. The second kappa shape index (κ2) is 12.0. The van der Waals surface area contributed by atoms with Crippen LogP contribution in [0.3, 0.4) is 0 Å². The molecule has 0 spiro atoms. The van der Waals surface area contributed by atoms with Crippen molar-refractivity contribution in [1.29, 1.82) is 0 Å². The Morgan fingerprint density at radius 3 is 2.30 bits per heavy atom. The summed E-state index contributed by atoms with van der Waals surface area (Å²) in [5.41, 5.74) is 2.54. The van der Waals surface area contributed by atoms with E-state index >= 15 is 0 Å². The van der Waals surface area contributed by atoms with Crippen LogP contribution in [0.5, 0.6) is 0 Å². The van der Waals surface area contributed by atoms with E-state index in [4.69, 9.17) is 16.3 Å². The summed E-state index contributed by atoms with van der Waals surface area (Å²) < 4.78 is 32.9. The van der Waals surface area contributed by atoms with Crippen molar-refractivity contribution in [3.05, 3.63) is 105 Å². The lowest BCUT2D eigenvalue weighted by atomic mass is 9.95. The fraction of sp³-hybridized carbons (Fsp3) is 0.167. The summed E-state index contributed by atoms with van der Waals surface area (Å²) in [6, 6.07) is 16.1. The minimum atomic E-state index is -1.01. The Hall–Kier alpha value is -4.08. The largest absolute Gasteiger partial charge is 0.452 e. The molecule has 3 aromatic carbocycles. The van der Waals surface area contributed by atoms with E-state index in [9.17, 15) is 23.2 Å². The number of nitrogens with one attached hydrogen (secondary N) is 2. The fourth-order valence-electron chi connectivity index (χ4n) is 4.50. The van der Waals surface area contributed by atoms with Crippen molar-refractivity contribution in [2.75, 3.05) is 17.2 Å². The second-order valence-electron chi connectivity index (χ2n) is 9.20. The van der Waals surface area contributed by atoms with Crippen molar-refractivity contribution in [2.45, 2.75) is 25.7 Å². The molecule has 5 rings (SSSR count). The first-order valence-electron chi connectivity index (χ1n) is 12.5. The van der Waals surface area contributed by atoms with E-state index in [1.54, 1.807) is 24.3 Å².